The number of ether oxygens (including phenoxy) is 3. The van der Waals surface area contributed by atoms with Gasteiger partial charge in [-0.05, 0) is 27.7 Å². The third-order valence-electron chi connectivity index (χ3n) is 3.10. The highest BCUT2D eigenvalue weighted by atomic mass is 16.6. The van der Waals surface area contributed by atoms with Gasteiger partial charge < -0.3 is 14.2 Å². The minimum atomic E-state index is -0.909. The average molecular weight is 298 g/mol. The zero-order valence-electron chi connectivity index (χ0n) is 12.9. The quantitative estimate of drug-likeness (QED) is 0.422. The van der Waals surface area contributed by atoms with Crippen LogP contribution in [0.1, 0.15) is 40.5 Å². The van der Waals surface area contributed by atoms with Crippen molar-refractivity contribution in [1.29, 1.82) is 0 Å². The first kappa shape index (κ1) is 17.2. The first-order chi connectivity index (χ1) is 9.57. The maximum atomic E-state index is 12.2. The van der Waals surface area contributed by atoms with Gasteiger partial charge in [0.15, 0.2) is 0 Å². The van der Waals surface area contributed by atoms with Gasteiger partial charge in [-0.3, -0.25) is 4.79 Å². The highest BCUT2D eigenvalue weighted by molar-refractivity contribution is 5.83. The molecule has 0 aromatic heterocycles. The molecule has 0 bridgehead atoms. The van der Waals surface area contributed by atoms with Crippen molar-refractivity contribution in [3.05, 3.63) is 12.7 Å². The number of carbonyl (C=O) groups excluding carboxylic acids is 3. The van der Waals surface area contributed by atoms with Crippen molar-refractivity contribution < 1.29 is 28.6 Å². The highest BCUT2D eigenvalue weighted by Gasteiger charge is 2.41. The van der Waals surface area contributed by atoms with Crippen LogP contribution in [0.5, 0.6) is 0 Å². The zero-order valence-corrected chi connectivity index (χ0v) is 12.9. The molecular weight excluding hydrogens is 276 g/mol. The predicted molar refractivity (Wildman–Crippen MR) is 74.2 cm³/mol. The van der Waals surface area contributed by atoms with Gasteiger partial charge in [-0.1, -0.05) is 6.58 Å². The number of carbonyl (C=O) groups is 3. The molecule has 0 aromatic rings. The summed E-state index contributed by atoms with van der Waals surface area (Å²) in [6.45, 7) is 10.4. The average Bonchev–Trinajstić information content (AvgIpc) is 2.72. The van der Waals surface area contributed by atoms with Crippen LogP contribution in [-0.2, 0) is 28.6 Å². The van der Waals surface area contributed by atoms with Crippen molar-refractivity contribution in [3.8, 4) is 0 Å². The molecule has 6 nitrogen and oxygen atoms in total. The van der Waals surface area contributed by atoms with E-state index in [-0.39, 0.29) is 13.0 Å². The molecular formula is C15H22O6. The van der Waals surface area contributed by atoms with E-state index in [2.05, 4.69) is 6.58 Å². The number of cyclic esters (lactones) is 1. The number of hydrogen-bond donors (Lipinski definition) is 0. The second-order valence-corrected chi connectivity index (χ2v) is 6.30. The van der Waals surface area contributed by atoms with Crippen LogP contribution < -0.4 is 0 Å². The summed E-state index contributed by atoms with van der Waals surface area (Å²) in [6.07, 6.45) is 0.854. The number of esters is 3. The summed E-state index contributed by atoms with van der Waals surface area (Å²) in [7, 11) is 0. The maximum absolute atomic E-state index is 12.2. The normalized spacial score (nSPS) is 18.9. The van der Waals surface area contributed by atoms with Crippen LogP contribution in [0, 0.1) is 5.41 Å². The zero-order chi connectivity index (χ0) is 16.3. The van der Waals surface area contributed by atoms with E-state index in [1.54, 1.807) is 27.7 Å². The van der Waals surface area contributed by atoms with E-state index in [9.17, 15) is 14.4 Å². The lowest BCUT2D eigenvalue weighted by Gasteiger charge is -2.33. The van der Waals surface area contributed by atoms with E-state index in [4.69, 9.17) is 14.2 Å². The van der Waals surface area contributed by atoms with Crippen LogP contribution in [0.2, 0.25) is 0 Å². The molecule has 1 unspecified atom stereocenters. The van der Waals surface area contributed by atoms with Crippen molar-refractivity contribution in [2.24, 2.45) is 5.41 Å². The van der Waals surface area contributed by atoms with E-state index in [0.717, 1.165) is 6.08 Å². The molecule has 0 aliphatic carbocycles. The molecule has 1 aliphatic rings. The molecule has 21 heavy (non-hydrogen) atoms. The topological polar surface area (TPSA) is 78.9 Å². The van der Waals surface area contributed by atoms with E-state index in [1.807, 2.05) is 0 Å². The van der Waals surface area contributed by atoms with Gasteiger partial charge in [-0.15, -0.1) is 0 Å². The molecule has 0 spiro atoms. The Morgan fingerprint density at radius 1 is 1.38 bits per heavy atom. The van der Waals surface area contributed by atoms with Crippen molar-refractivity contribution in [3.63, 3.8) is 0 Å². The smallest absolute Gasteiger partial charge is 0.347 e. The molecule has 0 radical (unpaired) electrons. The first-order valence-corrected chi connectivity index (χ1v) is 6.80. The Hall–Kier alpha value is -1.85. The Kier molecular flexibility index (Phi) is 5.15. The van der Waals surface area contributed by atoms with E-state index in [0.29, 0.717) is 6.42 Å². The lowest BCUT2D eigenvalue weighted by molar-refractivity contribution is -0.172. The second-order valence-electron chi connectivity index (χ2n) is 6.30. The van der Waals surface area contributed by atoms with Crippen molar-refractivity contribution in [2.45, 2.75) is 52.2 Å². The van der Waals surface area contributed by atoms with Crippen LogP contribution in [0.3, 0.4) is 0 Å². The molecule has 0 amide bonds. The van der Waals surface area contributed by atoms with Gasteiger partial charge in [0, 0.05) is 18.9 Å². The highest BCUT2D eigenvalue weighted by Crippen LogP contribution is 2.32. The van der Waals surface area contributed by atoms with Crippen LogP contribution in [0.15, 0.2) is 12.7 Å². The molecule has 0 saturated carbocycles. The fourth-order valence-corrected chi connectivity index (χ4v) is 2.36. The Bertz CT molecular complexity index is 449. The molecule has 1 fully saturated rings. The Morgan fingerprint density at radius 3 is 2.48 bits per heavy atom. The minimum absolute atomic E-state index is 0.250. The molecule has 0 aromatic carbocycles. The van der Waals surface area contributed by atoms with Crippen LogP contribution in [0.25, 0.3) is 0 Å². The van der Waals surface area contributed by atoms with Crippen molar-refractivity contribution in [2.75, 3.05) is 6.61 Å². The summed E-state index contributed by atoms with van der Waals surface area (Å²) in [4.78, 5) is 34.8. The van der Waals surface area contributed by atoms with Crippen molar-refractivity contribution >= 4 is 17.9 Å². The van der Waals surface area contributed by atoms with E-state index >= 15 is 0 Å². The van der Waals surface area contributed by atoms with Gasteiger partial charge in [-0.2, -0.15) is 0 Å². The first-order valence-electron chi connectivity index (χ1n) is 6.80. The third-order valence-corrected chi connectivity index (χ3v) is 3.10. The fraction of sp³-hybridized carbons (Fsp3) is 0.667. The molecule has 6 heteroatoms. The lowest BCUT2D eigenvalue weighted by atomic mass is 9.81. The summed E-state index contributed by atoms with van der Waals surface area (Å²) >= 11 is 0. The van der Waals surface area contributed by atoms with Crippen LogP contribution >= 0.6 is 0 Å². The minimum Gasteiger partial charge on any atom is -0.463 e. The monoisotopic (exact) mass is 298 g/mol. The number of rotatable bonds is 6. The molecule has 1 aliphatic heterocycles. The lowest BCUT2D eigenvalue weighted by Crippen LogP contribution is -2.40. The summed E-state index contributed by atoms with van der Waals surface area (Å²) < 4.78 is 15.1. The largest absolute Gasteiger partial charge is 0.463 e. The van der Waals surface area contributed by atoms with Gasteiger partial charge in [0.05, 0.1) is 12.0 Å². The molecule has 1 saturated heterocycles. The fourth-order valence-electron chi connectivity index (χ4n) is 2.36. The summed E-state index contributed by atoms with van der Waals surface area (Å²) in [5.74, 6) is -1.59. The van der Waals surface area contributed by atoms with Gasteiger partial charge in [0.2, 0.25) is 6.10 Å². The standard InChI is InChI=1S/C15H22O6/c1-6-11(16)21-15(4,5)9-14(2,3)13(18)20-10-7-8-19-12(10)17/h6,10H,1,7-9H2,2-5H3. The summed E-state index contributed by atoms with van der Waals surface area (Å²) in [5.41, 5.74) is -1.77. The van der Waals surface area contributed by atoms with E-state index < -0.39 is 35.0 Å². The van der Waals surface area contributed by atoms with Crippen LogP contribution in [-0.4, -0.2) is 36.2 Å². The molecule has 118 valence electrons. The van der Waals surface area contributed by atoms with Gasteiger partial charge in [-0.25, -0.2) is 9.59 Å². The maximum Gasteiger partial charge on any atom is 0.347 e. The molecule has 0 N–H and O–H groups in total. The van der Waals surface area contributed by atoms with Crippen molar-refractivity contribution in [1.82, 2.24) is 0 Å². The molecule has 1 rings (SSSR count). The summed E-state index contributed by atoms with van der Waals surface area (Å²) in [5, 5.41) is 0. The van der Waals surface area contributed by atoms with Gasteiger partial charge >= 0.3 is 17.9 Å². The third kappa shape index (κ3) is 4.88. The second kappa shape index (κ2) is 6.28. The molecule has 1 atom stereocenters. The van der Waals surface area contributed by atoms with Gasteiger partial charge in [0.25, 0.3) is 0 Å². The summed E-state index contributed by atoms with van der Waals surface area (Å²) in [6, 6.07) is 0. The molecule has 1 heterocycles. The Labute approximate surface area is 124 Å². The number of hydrogen-bond acceptors (Lipinski definition) is 6. The predicted octanol–water partition coefficient (Wildman–Crippen LogP) is 1.77. The van der Waals surface area contributed by atoms with E-state index in [1.165, 1.54) is 0 Å². The SMILES string of the molecule is C=CC(=O)OC(C)(C)CC(C)(C)C(=O)OC1CCOC1=O. The Morgan fingerprint density at radius 2 is 2.00 bits per heavy atom. The van der Waals surface area contributed by atoms with Crippen LogP contribution in [0.4, 0.5) is 0 Å². The Balaban J connectivity index is 2.66. The van der Waals surface area contributed by atoms with Gasteiger partial charge in [0.1, 0.15) is 5.60 Å².